The lowest BCUT2D eigenvalue weighted by atomic mass is 10.1. The number of amides is 1. The Balaban J connectivity index is 1.74. The molecule has 1 aromatic heterocycles. The molecule has 104 valence electrons. The van der Waals surface area contributed by atoms with E-state index in [1.165, 1.54) is 5.56 Å². The lowest BCUT2D eigenvalue weighted by Gasteiger charge is -2.09. The van der Waals surface area contributed by atoms with Crippen molar-refractivity contribution in [2.75, 3.05) is 6.61 Å². The molecule has 1 amide bonds. The molecule has 20 heavy (non-hydrogen) atoms. The van der Waals surface area contributed by atoms with E-state index >= 15 is 0 Å². The summed E-state index contributed by atoms with van der Waals surface area (Å²) in [6, 6.07) is 7.33. The van der Waals surface area contributed by atoms with Gasteiger partial charge >= 0.3 is 0 Å². The maximum absolute atomic E-state index is 11.9. The highest BCUT2D eigenvalue weighted by Gasteiger charge is 2.18. The van der Waals surface area contributed by atoms with Gasteiger partial charge in [-0.25, -0.2) is 0 Å². The van der Waals surface area contributed by atoms with Gasteiger partial charge in [-0.05, 0) is 45.8 Å². The van der Waals surface area contributed by atoms with E-state index in [1.54, 1.807) is 12.1 Å². The van der Waals surface area contributed by atoms with Crippen molar-refractivity contribution in [1.82, 2.24) is 5.32 Å². The summed E-state index contributed by atoms with van der Waals surface area (Å²) in [6.45, 7) is 1.09. The number of halogens is 2. The van der Waals surface area contributed by atoms with E-state index < -0.39 is 0 Å². The van der Waals surface area contributed by atoms with Crippen molar-refractivity contribution in [3.05, 3.63) is 50.3 Å². The smallest absolute Gasteiger partial charge is 0.287 e. The molecule has 2 heterocycles. The lowest BCUT2D eigenvalue weighted by molar-refractivity contribution is 0.0921. The van der Waals surface area contributed by atoms with E-state index in [-0.39, 0.29) is 11.7 Å². The van der Waals surface area contributed by atoms with Crippen LogP contribution in [0, 0.1) is 0 Å². The quantitative estimate of drug-likeness (QED) is 0.855. The van der Waals surface area contributed by atoms with E-state index in [1.807, 2.05) is 6.07 Å². The first-order chi connectivity index (χ1) is 9.63. The van der Waals surface area contributed by atoms with Gasteiger partial charge in [0, 0.05) is 23.0 Å². The molecule has 3 rings (SSSR count). The van der Waals surface area contributed by atoms with E-state index in [9.17, 15) is 4.79 Å². The summed E-state index contributed by atoms with van der Waals surface area (Å²) in [5.41, 5.74) is 2.13. The van der Waals surface area contributed by atoms with Crippen LogP contribution < -0.4 is 10.1 Å². The van der Waals surface area contributed by atoms with Crippen LogP contribution in [0.5, 0.6) is 5.75 Å². The number of hydrogen-bond donors (Lipinski definition) is 1. The van der Waals surface area contributed by atoms with Crippen molar-refractivity contribution in [2.45, 2.75) is 13.0 Å². The molecule has 0 saturated heterocycles. The van der Waals surface area contributed by atoms with E-state index in [4.69, 9.17) is 9.15 Å². The van der Waals surface area contributed by atoms with Gasteiger partial charge in [-0.2, -0.15) is 0 Å². The number of ether oxygens (including phenoxy) is 1. The van der Waals surface area contributed by atoms with Crippen LogP contribution in [-0.2, 0) is 13.0 Å². The number of benzene rings is 1. The summed E-state index contributed by atoms with van der Waals surface area (Å²) in [5, 5.41) is 2.83. The number of nitrogens with one attached hydrogen (secondary N) is 1. The van der Waals surface area contributed by atoms with Crippen LogP contribution in [0.25, 0.3) is 0 Å². The topological polar surface area (TPSA) is 51.5 Å². The molecular weight excluding hydrogens is 390 g/mol. The molecule has 1 aliphatic rings. The van der Waals surface area contributed by atoms with Crippen LogP contribution in [0.3, 0.4) is 0 Å². The molecule has 6 heteroatoms. The van der Waals surface area contributed by atoms with Gasteiger partial charge in [0.15, 0.2) is 10.4 Å². The molecule has 1 aliphatic heterocycles. The third-order valence-corrected chi connectivity index (χ3v) is 3.95. The predicted octanol–water partition coefficient (Wildman–Crippen LogP) is 3.67. The molecule has 4 nitrogen and oxygen atoms in total. The van der Waals surface area contributed by atoms with Gasteiger partial charge in [0.25, 0.3) is 5.91 Å². The van der Waals surface area contributed by atoms with Crippen LogP contribution in [0.4, 0.5) is 0 Å². The Morgan fingerprint density at radius 3 is 2.90 bits per heavy atom. The molecule has 0 saturated carbocycles. The third-order valence-electron chi connectivity index (χ3n) is 3.06. The van der Waals surface area contributed by atoms with Crippen molar-refractivity contribution in [3.8, 4) is 5.75 Å². The fraction of sp³-hybridized carbons (Fsp3) is 0.214. The highest BCUT2D eigenvalue weighted by Crippen LogP contribution is 2.32. The minimum absolute atomic E-state index is 0.248. The Morgan fingerprint density at radius 2 is 2.15 bits per heavy atom. The van der Waals surface area contributed by atoms with Crippen molar-refractivity contribution < 1.29 is 13.9 Å². The molecule has 1 N–H and O–H groups in total. The number of carbonyl (C=O) groups is 1. The first kappa shape index (κ1) is 13.7. The Bertz CT molecular complexity index is 666. The molecule has 1 aromatic carbocycles. The molecule has 0 spiro atoms. The first-order valence-electron chi connectivity index (χ1n) is 6.11. The molecule has 0 bridgehead atoms. The molecule has 0 atom stereocenters. The van der Waals surface area contributed by atoms with E-state index in [0.29, 0.717) is 17.8 Å². The molecule has 0 aliphatic carbocycles. The summed E-state index contributed by atoms with van der Waals surface area (Å²) in [5.74, 6) is 0.918. The summed E-state index contributed by atoms with van der Waals surface area (Å²) >= 11 is 6.65. The van der Waals surface area contributed by atoms with Crippen LogP contribution in [0.15, 0.2) is 37.8 Å². The number of hydrogen-bond acceptors (Lipinski definition) is 3. The second-order valence-electron chi connectivity index (χ2n) is 4.44. The normalized spacial score (nSPS) is 12.9. The van der Waals surface area contributed by atoms with Gasteiger partial charge in [-0.1, -0.05) is 15.9 Å². The second kappa shape index (κ2) is 5.61. The standard InChI is InChI=1S/C14H11Br2NO3/c15-10-5-8-3-4-19-13(8)9(6-10)7-17-14(18)11-1-2-12(16)20-11/h1-2,5-6H,3-4,7H2,(H,17,18). The van der Waals surface area contributed by atoms with Crippen molar-refractivity contribution in [2.24, 2.45) is 0 Å². The number of rotatable bonds is 3. The average Bonchev–Trinajstić information content (AvgIpc) is 3.03. The van der Waals surface area contributed by atoms with Crippen molar-refractivity contribution >= 4 is 37.8 Å². The molecular formula is C14H11Br2NO3. The number of furan rings is 1. The van der Waals surface area contributed by atoms with E-state index in [0.717, 1.165) is 22.2 Å². The zero-order chi connectivity index (χ0) is 14.1. The van der Waals surface area contributed by atoms with Crippen molar-refractivity contribution in [1.29, 1.82) is 0 Å². The van der Waals surface area contributed by atoms with Gasteiger partial charge in [0.05, 0.1) is 6.61 Å². The second-order valence-corrected chi connectivity index (χ2v) is 6.14. The largest absolute Gasteiger partial charge is 0.493 e. The Morgan fingerprint density at radius 1 is 1.30 bits per heavy atom. The number of fused-ring (bicyclic) bond motifs is 1. The lowest BCUT2D eigenvalue weighted by Crippen LogP contribution is -2.22. The monoisotopic (exact) mass is 399 g/mol. The fourth-order valence-electron chi connectivity index (χ4n) is 2.18. The van der Waals surface area contributed by atoms with Gasteiger partial charge in [-0.3, -0.25) is 4.79 Å². The van der Waals surface area contributed by atoms with Crippen LogP contribution >= 0.6 is 31.9 Å². The van der Waals surface area contributed by atoms with Gasteiger partial charge in [0.1, 0.15) is 5.75 Å². The molecule has 0 radical (unpaired) electrons. The molecule has 0 fully saturated rings. The highest BCUT2D eigenvalue weighted by molar-refractivity contribution is 9.10. The summed E-state index contributed by atoms with van der Waals surface area (Å²) in [7, 11) is 0. The summed E-state index contributed by atoms with van der Waals surface area (Å²) in [4.78, 5) is 11.9. The Labute approximate surface area is 132 Å². The molecule has 2 aromatic rings. The van der Waals surface area contributed by atoms with Gasteiger partial charge < -0.3 is 14.5 Å². The highest BCUT2D eigenvalue weighted by atomic mass is 79.9. The maximum Gasteiger partial charge on any atom is 0.287 e. The number of carbonyl (C=O) groups excluding carboxylic acids is 1. The van der Waals surface area contributed by atoms with Crippen LogP contribution in [0.2, 0.25) is 0 Å². The van der Waals surface area contributed by atoms with Gasteiger partial charge in [-0.15, -0.1) is 0 Å². The minimum Gasteiger partial charge on any atom is -0.493 e. The third kappa shape index (κ3) is 2.76. The summed E-state index contributed by atoms with van der Waals surface area (Å²) in [6.07, 6.45) is 0.904. The first-order valence-corrected chi connectivity index (χ1v) is 7.70. The minimum atomic E-state index is -0.248. The molecule has 0 unspecified atom stereocenters. The van der Waals surface area contributed by atoms with Crippen LogP contribution in [0.1, 0.15) is 21.7 Å². The van der Waals surface area contributed by atoms with Crippen molar-refractivity contribution in [3.63, 3.8) is 0 Å². The van der Waals surface area contributed by atoms with Gasteiger partial charge in [0.2, 0.25) is 0 Å². The van der Waals surface area contributed by atoms with Crippen LogP contribution in [-0.4, -0.2) is 12.5 Å². The predicted molar refractivity (Wildman–Crippen MR) is 80.9 cm³/mol. The van der Waals surface area contributed by atoms with E-state index in [2.05, 4.69) is 43.2 Å². The average molecular weight is 401 g/mol. The SMILES string of the molecule is O=C(NCc1cc(Br)cc2c1OCC2)c1ccc(Br)o1. The zero-order valence-electron chi connectivity index (χ0n) is 10.4. The zero-order valence-corrected chi connectivity index (χ0v) is 13.6. The Kier molecular flexibility index (Phi) is 3.85. The summed E-state index contributed by atoms with van der Waals surface area (Å²) < 4.78 is 12.4. The maximum atomic E-state index is 11.9. The fourth-order valence-corrected chi connectivity index (χ4v) is 3.04. The Hall–Kier alpha value is -1.27.